The Labute approximate surface area is 140 Å². The monoisotopic (exact) mass is 343 g/mol. The third kappa shape index (κ3) is 5.97. The fourth-order valence-corrected chi connectivity index (χ4v) is 2.03. The number of rotatable bonds is 10. The van der Waals surface area contributed by atoms with Gasteiger partial charge < -0.3 is 14.2 Å². The lowest BCUT2D eigenvalue weighted by molar-refractivity contribution is -0.385. The van der Waals surface area contributed by atoms with Crippen molar-refractivity contribution in [1.82, 2.24) is 0 Å². The van der Waals surface area contributed by atoms with Gasteiger partial charge in [0, 0.05) is 6.42 Å². The standard InChI is InChI=1S/C15H21NO6S/c1-3-20-13-8-11(10-22-15(17)6-5-7-23)12(16(18)19)9-14(13)21-4-2/h8-9,23H,3-7,10H2,1-2H3. The van der Waals surface area contributed by atoms with Crippen molar-refractivity contribution < 1.29 is 23.9 Å². The molecule has 0 N–H and O–H groups in total. The van der Waals surface area contributed by atoms with Gasteiger partial charge in [-0.3, -0.25) is 14.9 Å². The predicted molar refractivity (Wildman–Crippen MR) is 88.3 cm³/mol. The van der Waals surface area contributed by atoms with Gasteiger partial charge in [-0.1, -0.05) is 0 Å². The van der Waals surface area contributed by atoms with Gasteiger partial charge in [-0.15, -0.1) is 0 Å². The van der Waals surface area contributed by atoms with Gasteiger partial charge in [-0.05, 0) is 32.1 Å². The van der Waals surface area contributed by atoms with Crippen LogP contribution < -0.4 is 9.47 Å². The lowest BCUT2D eigenvalue weighted by Gasteiger charge is -2.13. The van der Waals surface area contributed by atoms with E-state index in [1.165, 1.54) is 12.1 Å². The first-order valence-electron chi connectivity index (χ1n) is 7.36. The van der Waals surface area contributed by atoms with E-state index in [-0.39, 0.29) is 24.3 Å². The van der Waals surface area contributed by atoms with Crippen molar-refractivity contribution in [3.63, 3.8) is 0 Å². The number of ether oxygens (including phenoxy) is 3. The van der Waals surface area contributed by atoms with E-state index in [1.807, 2.05) is 0 Å². The van der Waals surface area contributed by atoms with Gasteiger partial charge in [-0.25, -0.2) is 0 Å². The van der Waals surface area contributed by atoms with Crippen molar-refractivity contribution in [3.8, 4) is 11.5 Å². The molecule has 23 heavy (non-hydrogen) atoms. The van der Waals surface area contributed by atoms with Crippen molar-refractivity contribution in [2.75, 3.05) is 19.0 Å². The Morgan fingerprint density at radius 3 is 2.35 bits per heavy atom. The SMILES string of the molecule is CCOc1cc(COC(=O)CCCS)c([N+](=O)[O-])cc1OCC. The topological polar surface area (TPSA) is 87.9 Å². The van der Waals surface area contributed by atoms with Gasteiger partial charge in [0.25, 0.3) is 5.69 Å². The Balaban J connectivity index is 3.00. The fraction of sp³-hybridized carbons (Fsp3) is 0.533. The molecule has 0 fully saturated rings. The molecule has 128 valence electrons. The molecule has 0 bridgehead atoms. The molecule has 0 radical (unpaired) electrons. The molecule has 7 nitrogen and oxygen atoms in total. The average molecular weight is 343 g/mol. The van der Waals surface area contributed by atoms with Crippen LogP contribution in [0, 0.1) is 10.1 Å². The van der Waals surface area contributed by atoms with E-state index in [0.29, 0.717) is 36.9 Å². The molecule has 1 aromatic carbocycles. The lowest BCUT2D eigenvalue weighted by Crippen LogP contribution is -2.07. The lowest BCUT2D eigenvalue weighted by atomic mass is 10.1. The fourth-order valence-electron chi connectivity index (χ4n) is 1.87. The number of carbonyl (C=O) groups excluding carboxylic acids is 1. The number of nitrogens with zero attached hydrogens (tertiary/aromatic N) is 1. The quantitative estimate of drug-likeness (QED) is 0.304. The maximum absolute atomic E-state index is 11.6. The summed E-state index contributed by atoms with van der Waals surface area (Å²) in [6, 6.07) is 2.78. The first kappa shape index (κ1) is 19.1. The highest BCUT2D eigenvalue weighted by Gasteiger charge is 2.21. The largest absolute Gasteiger partial charge is 0.490 e. The molecule has 0 unspecified atom stereocenters. The number of nitro benzene ring substituents is 1. The Morgan fingerprint density at radius 1 is 1.22 bits per heavy atom. The zero-order valence-corrected chi connectivity index (χ0v) is 14.1. The van der Waals surface area contributed by atoms with Gasteiger partial charge in [0.2, 0.25) is 0 Å². The predicted octanol–water partition coefficient (Wildman–Crippen LogP) is 3.15. The van der Waals surface area contributed by atoms with Crippen LogP contribution >= 0.6 is 12.6 Å². The molecule has 0 aromatic heterocycles. The van der Waals surface area contributed by atoms with Crippen LogP contribution in [0.2, 0.25) is 0 Å². The van der Waals surface area contributed by atoms with Gasteiger partial charge in [0.15, 0.2) is 11.5 Å². The normalized spacial score (nSPS) is 10.2. The zero-order chi connectivity index (χ0) is 17.2. The van der Waals surface area contributed by atoms with Crippen molar-refractivity contribution in [3.05, 3.63) is 27.8 Å². The average Bonchev–Trinajstić information content (AvgIpc) is 2.52. The summed E-state index contributed by atoms with van der Waals surface area (Å²) in [4.78, 5) is 22.2. The molecule has 8 heteroatoms. The molecule has 0 amide bonds. The minimum absolute atomic E-state index is 0.168. The van der Waals surface area contributed by atoms with Crippen molar-refractivity contribution >= 4 is 24.3 Å². The summed E-state index contributed by atoms with van der Waals surface area (Å²) in [5.74, 6) is 0.847. The number of carbonyl (C=O) groups is 1. The second-order valence-electron chi connectivity index (χ2n) is 4.54. The summed E-state index contributed by atoms with van der Waals surface area (Å²) in [5.41, 5.74) is 0.0972. The Hall–Kier alpha value is -1.96. The van der Waals surface area contributed by atoms with Crippen LogP contribution in [-0.2, 0) is 16.1 Å². The summed E-state index contributed by atoms with van der Waals surface area (Å²) in [7, 11) is 0. The van der Waals surface area contributed by atoms with Crippen LogP contribution in [0.25, 0.3) is 0 Å². The highest BCUT2D eigenvalue weighted by molar-refractivity contribution is 7.80. The van der Waals surface area contributed by atoms with Crippen LogP contribution in [0.5, 0.6) is 11.5 Å². The van der Waals surface area contributed by atoms with Gasteiger partial charge >= 0.3 is 5.97 Å². The zero-order valence-electron chi connectivity index (χ0n) is 13.2. The highest BCUT2D eigenvalue weighted by Crippen LogP contribution is 2.35. The number of hydrogen-bond donors (Lipinski definition) is 1. The van der Waals surface area contributed by atoms with Crippen LogP contribution in [-0.4, -0.2) is 29.9 Å². The van der Waals surface area contributed by atoms with Crippen LogP contribution in [0.15, 0.2) is 12.1 Å². The molecule has 0 saturated heterocycles. The molecule has 0 heterocycles. The minimum atomic E-state index is -0.533. The molecule has 1 aromatic rings. The molecule has 0 aliphatic carbocycles. The van der Waals surface area contributed by atoms with E-state index in [4.69, 9.17) is 14.2 Å². The third-order valence-corrected chi connectivity index (χ3v) is 3.19. The number of benzene rings is 1. The Bertz CT molecular complexity index is 549. The summed E-state index contributed by atoms with van der Waals surface area (Å²) in [5, 5.41) is 11.2. The van der Waals surface area contributed by atoms with Crippen LogP contribution in [0.3, 0.4) is 0 Å². The second-order valence-corrected chi connectivity index (χ2v) is 4.99. The molecule has 1 rings (SSSR count). The number of thiol groups is 1. The van der Waals surface area contributed by atoms with E-state index in [0.717, 1.165) is 0 Å². The molecule has 0 spiro atoms. The first-order valence-corrected chi connectivity index (χ1v) is 8.00. The van der Waals surface area contributed by atoms with Gasteiger partial charge in [0.05, 0.1) is 29.8 Å². The number of esters is 1. The van der Waals surface area contributed by atoms with E-state index in [1.54, 1.807) is 13.8 Å². The Kier molecular flexibility index (Phi) is 8.25. The summed E-state index contributed by atoms with van der Waals surface area (Å²) < 4.78 is 15.9. The van der Waals surface area contributed by atoms with Gasteiger partial charge in [-0.2, -0.15) is 12.6 Å². The summed E-state index contributed by atoms with van der Waals surface area (Å²) in [6.07, 6.45) is 0.824. The maximum atomic E-state index is 11.6. The van der Waals surface area contributed by atoms with E-state index < -0.39 is 10.9 Å². The molecule has 0 aliphatic rings. The Morgan fingerprint density at radius 2 is 1.83 bits per heavy atom. The molecule has 0 aliphatic heterocycles. The first-order chi connectivity index (χ1) is 11.0. The summed E-state index contributed by atoms with van der Waals surface area (Å²) >= 11 is 4.02. The van der Waals surface area contributed by atoms with Crippen LogP contribution in [0.1, 0.15) is 32.3 Å². The van der Waals surface area contributed by atoms with Crippen molar-refractivity contribution in [1.29, 1.82) is 0 Å². The van der Waals surface area contributed by atoms with E-state index >= 15 is 0 Å². The molecule has 0 saturated carbocycles. The maximum Gasteiger partial charge on any atom is 0.306 e. The van der Waals surface area contributed by atoms with Crippen molar-refractivity contribution in [2.45, 2.75) is 33.3 Å². The molecule has 0 atom stereocenters. The summed E-state index contributed by atoms with van der Waals surface area (Å²) in [6.45, 7) is 4.13. The number of nitro groups is 1. The number of hydrogen-bond acceptors (Lipinski definition) is 7. The van der Waals surface area contributed by atoms with Crippen molar-refractivity contribution in [2.24, 2.45) is 0 Å². The van der Waals surface area contributed by atoms with E-state index in [2.05, 4.69) is 12.6 Å². The molecular weight excluding hydrogens is 322 g/mol. The third-order valence-electron chi connectivity index (χ3n) is 2.87. The highest BCUT2D eigenvalue weighted by atomic mass is 32.1. The smallest absolute Gasteiger partial charge is 0.306 e. The van der Waals surface area contributed by atoms with E-state index in [9.17, 15) is 14.9 Å². The molecular formula is C15H21NO6S. The van der Waals surface area contributed by atoms with Gasteiger partial charge in [0.1, 0.15) is 6.61 Å². The minimum Gasteiger partial charge on any atom is -0.490 e. The second kappa shape index (κ2) is 9.94. The van der Waals surface area contributed by atoms with Crippen LogP contribution in [0.4, 0.5) is 5.69 Å².